The molecule has 50 heavy (non-hydrogen) atoms. The summed E-state index contributed by atoms with van der Waals surface area (Å²) in [5.74, 6) is -2.09. The molecule has 2 bridgehead atoms. The highest BCUT2D eigenvalue weighted by molar-refractivity contribution is 7.88. The Morgan fingerprint density at radius 1 is 1.00 bits per heavy atom. The summed E-state index contributed by atoms with van der Waals surface area (Å²) in [5, 5.41) is 23.6. The van der Waals surface area contributed by atoms with Gasteiger partial charge in [-0.05, 0) is 99.2 Å². The molecule has 3 aromatic rings. The monoisotopic (exact) mass is 711 g/mol. The maximum atomic E-state index is 14.3. The summed E-state index contributed by atoms with van der Waals surface area (Å²) in [5.41, 5.74) is 0.886. The molecule has 1 fully saturated rings. The number of ketones is 1. The van der Waals surface area contributed by atoms with E-state index in [1.807, 2.05) is 26.0 Å². The molecule has 4 unspecified atom stereocenters. The van der Waals surface area contributed by atoms with Crippen LogP contribution in [-0.4, -0.2) is 67.4 Å². The first kappa shape index (κ1) is 37.6. The maximum Gasteiger partial charge on any atom is 0.211 e. The molecule has 1 saturated carbocycles. The quantitative estimate of drug-likeness (QED) is 0.187. The molecule has 0 spiro atoms. The van der Waals surface area contributed by atoms with Crippen LogP contribution in [0.5, 0.6) is 11.5 Å². The molecule has 0 radical (unpaired) electrons. The van der Waals surface area contributed by atoms with Crippen LogP contribution in [0.1, 0.15) is 90.9 Å². The Morgan fingerprint density at radius 3 is 2.44 bits per heavy atom. The molecule has 0 amide bonds. The molecule has 8 nitrogen and oxygen atoms in total. The van der Waals surface area contributed by atoms with Gasteiger partial charge in [-0.2, -0.15) is 4.31 Å². The number of hydrogen-bond acceptors (Lipinski definition) is 7. The molecule has 11 heteroatoms. The van der Waals surface area contributed by atoms with E-state index in [1.54, 1.807) is 24.3 Å². The topological polar surface area (TPSA) is 113 Å². The SMILES string of the molecule is COc1ccc(CN(CC2(O)CCC3c4ccc(cc4C(=O)c4ccc(F)c(F)c4)CC(O)CCC(C)=CCCC32C)S(C)(=O)=O)c(OC)c1. The highest BCUT2D eigenvalue weighted by Crippen LogP contribution is 2.59. The van der Waals surface area contributed by atoms with Crippen LogP contribution >= 0.6 is 0 Å². The molecule has 0 aromatic heterocycles. The van der Waals surface area contributed by atoms with Gasteiger partial charge in [0.2, 0.25) is 10.0 Å². The Morgan fingerprint density at radius 2 is 1.76 bits per heavy atom. The normalized spacial score (nSPS) is 24.4. The number of methoxy groups -OCH3 is 2. The van der Waals surface area contributed by atoms with E-state index in [0.717, 1.165) is 29.5 Å². The number of carbonyl (C=O) groups excluding carboxylic acids is 1. The summed E-state index contributed by atoms with van der Waals surface area (Å²) in [4.78, 5) is 14.1. The van der Waals surface area contributed by atoms with E-state index < -0.39 is 50.5 Å². The second kappa shape index (κ2) is 14.9. The van der Waals surface area contributed by atoms with Gasteiger partial charge >= 0.3 is 0 Å². The van der Waals surface area contributed by atoms with Crippen molar-refractivity contribution in [3.05, 3.63) is 106 Å². The number of rotatable bonds is 9. The molecule has 3 aliphatic rings. The third-order valence-corrected chi connectivity index (χ3v) is 12.0. The number of ether oxygens (including phenoxy) is 2. The van der Waals surface area contributed by atoms with E-state index in [4.69, 9.17) is 9.47 Å². The van der Waals surface area contributed by atoms with Crippen LogP contribution in [0.2, 0.25) is 0 Å². The molecule has 270 valence electrons. The highest BCUT2D eigenvalue weighted by Gasteiger charge is 2.58. The van der Waals surface area contributed by atoms with Gasteiger partial charge in [-0.3, -0.25) is 4.79 Å². The molecule has 0 saturated heterocycles. The van der Waals surface area contributed by atoms with Gasteiger partial charge in [0.25, 0.3) is 0 Å². The molecule has 4 atom stereocenters. The summed E-state index contributed by atoms with van der Waals surface area (Å²) >= 11 is 0. The molecule has 6 rings (SSSR count). The number of aliphatic hydroxyl groups is 2. The third kappa shape index (κ3) is 7.81. The van der Waals surface area contributed by atoms with Gasteiger partial charge in [0, 0.05) is 41.3 Å². The van der Waals surface area contributed by atoms with Crippen LogP contribution < -0.4 is 9.47 Å². The minimum atomic E-state index is -3.84. The van der Waals surface area contributed by atoms with Gasteiger partial charge in [0.15, 0.2) is 17.4 Å². The van der Waals surface area contributed by atoms with Gasteiger partial charge in [-0.1, -0.05) is 36.8 Å². The number of hydrogen-bond donors (Lipinski definition) is 2. The number of nitrogens with zero attached hydrogens (tertiary/aromatic N) is 1. The minimum absolute atomic E-state index is 0.0193. The van der Waals surface area contributed by atoms with Crippen molar-refractivity contribution in [1.82, 2.24) is 4.31 Å². The molecule has 3 aliphatic carbocycles. The third-order valence-electron chi connectivity index (χ3n) is 10.8. The number of allylic oxidation sites excluding steroid dienone is 2. The first-order valence-corrected chi connectivity index (χ1v) is 18.8. The Hall–Kier alpha value is -3.64. The Bertz CT molecular complexity index is 1880. The number of halogens is 2. The van der Waals surface area contributed by atoms with Crippen LogP contribution in [0.4, 0.5) is 8.78 Å². The fraction of sp³-hybridized carbons (Fsp3) is 0.462. The lowest BCUT2D eigenvalue weighted by Crippen LogP contribution is -2.53. The molecule has 0 aliphatic heterocycles. The first-order chi connectivity index (χ1) is 23.6. The molecular formula is C39H47F2NO7S. The summed E-state index contributed by atoms with van der Waals surface area (Å²) in [6.07, 6.45) is 5.79. The second-order valence-electron chi connectivity index (χ2n) is 14.1. The highest BCUT2D eigenvalue weighted by atomic mass is 32.2. The second-order valence-corrected chi connectivity index (χ2v) is 16.1. The van der Waals surface area contributed by atoms with Crippen LogP contribution in [0.15, 0.2) is 66.2 Å². The van der Waals surface area contributed by atoms with Crippen LogP contribution in [-0.2, 0) is 23.0 Å². The van der Waals surface area contributed by atoms with Crippen LogP contribution in [0.25, 0.3) is 0 Å². The molecule has 2 N–H and O–H groups in total. The molecule has 0 heterocycles. The van der Waals surface area contributed by atoms with E-state index in [0.29, 0.717) is 61.2 Å². The van der Waals surface area contributed by atoms with Gasteiger partial charge in [-0.15, -0.1) is 0 Å². The van der Waals surface area contributed by atoms with E-state index >= 15 is 0 Å². The Labute approximate surface area is 293 Å². The lowest BCUT2D eigenvalue weighted by Gasteiger charge is -2.45. The van der Waals surface area contributed by atoms with E-state index in [9.17, 15) is 32.2 Å². The molecular weight excluding hydrogens is 664 g/mol. The van der Waals surface area contributed by atoms with Crippen molar-refractivity contribution >= 4 is 15.8 Å². The van der Waals surface area contributed by atoms with Gasteiger partial charge in [0.05, 0.1) is 32.2 Å². The minimum Gasteiger partial charge on any atom is -0.497 e. The van der Waals surface area contributed by atoms with Crippen molar-refractivity contribution in [3.63, 3.8) is 0 Å². The predicted octanol–water partition coefficient (Wildman–Crippen LogP) is 6.71. The van der Waals surface area contributed by atoms with Crippen molar-refractivity contribution in [3.8, 4) is 11.5 Å². The Kier molecular flexibility index (Phi) is 11.2. The van der Waals surface area contributed by atoms with E-state index in [-0.39, 0.29) is 30.6 Å². The van der Waals surface area contributed by atoms with Crippen LogP contribution in [0.3, 0.4) is 0 Å². The van der Waals surface area contributed by atoms with Crippen molar-refractivity contribution < 1.29 is 41.7 Å². The summed E-state index contributed by atoms with van der Waals surface area (Å²) in [6, 6.07) is 13.6. The standard InChI is InChI=1S/C39H47F2NO7S/c1-25-7-6-17-38(2)33(16-18-39(38,45)24-42(50(5,46)47)23-28-10-13-30(48-3)22-36(28)49-4)31-14-9-26(19-29(43)12-8-25)20-32(31)37(44)27-11-15-34(40)35(41)21-27/h7,9-11,13-15,20-22,29,33,43,45H,6,8,12,16-19,23-24H2,1-5H3. The average molecular weight is 712 g/mol. The summed E-state index contributed by atoms with van der Waals surface area (Å²) in [7, 11) is -0.817. The molecule has 3 aromatic carbocycles. The fourth-order valence-electron chi connectivity index (χ4n) is 7.74. The van der Waals surface area contributed by atoms with Crippen molar-refractivity contribution in [1.29, 1.82) is 0 Å². The van der Waals surface area contributed by atoms with E-state index in [2.05, 4.69) is 6.08 Å². The average Bonchev–Trinajstić information content (AvgIpc) is 3.32. The lowest BCUT2D eigenvalue weighted by molar-refractivity contribution is -0.0731. The number of fused-ring (bicyclic) bond motifs is 8. The fourth-order valence-corrected chi connectivity index (χ4v) is 8.57. The predicted molar refractivity (Wildman–Crippen MR) is 188 cm³/mol. The van der Waals surface area contributed by atoms with E-state index in [1.165, 1.54) is 24.6 Å². The smallest absolute Gasteiger partial charge is 0.211 e. The van der Waals surface area contributed by atoms with Crippen molar-refractivity contribution in [2.24, 2.45) is 5.41 Å². The lowest BCUT2D eigenvalue weighted by atomic mass is 9.64. The first-order valence-electron chi connectivity index (χ1n) is 16.9. The zero-order valence-corrected chi connectivity index (χ0v) is 30.2. The maximum absolute atomic E-state index is 14.3. The van der Waals surface area contributed by atoms with Crippen molar-refractivity contribution in [2.45, 2.75) is 83.0 Å². The van der Waals surface area contributed by atoms with Gasteiger partial charge in [0.1, 0.15) is 11.5 Å². The summed E-state index contributed by atoms with van der Waals surface area (Å²) in [6.45, 7) is 3.72. The number of aliphatic hydroxyl groups excluding tert-OH is 1. The largest absolute Gasteiger partial charge is 0.497 e. The van der Waals surface area contributed by atoms with Crippen molar-refractivity contribution in [2.75, 3.05) is 27.0 Å². The van der Waals surface area contributed by atoms with Gasteiger partial charge in [-0.25, -0.2) is 17.2 Å². The number of carbonyl (C=O) groups is 1. The zero-order chi connectivity index (χ0) is 36.4. The summed E-state index contributed by atoms with van der Waals surface area (Å²) < 4.78 is 67.1. The number of benzene rings is 3. The zero-order valence-electron chi connectivity index (χ0n) is 29.3. The number of sulfonamides is 1. The Balaban J connectivity index is 1.61. The van der Waals surface area contributed by atoms with Crippen LogP contribution in [0, 0.1) is 17.0 Å². The van der Waals surface area contributed by atoms with Gasteiger partial charge < -0.3 is 19.7 Å².